The molecule has 0 spiro atoms. The van der Waals surface area contributed by atoms with Gasteiger partial charge in [-0.15, -0.1) is 0 Å². The van der Waals surface area contributed by atoms with Crippen LogP contribution in [0.5, 0.6) is 0 Å². The Morgan fingerprint density at radius 3 is 2.44 bits per heavy atom. The van der Waals surface area contributed by atoms with Crippen molar-refractivity contribution in [3.05, 3.63) is 0 Å². The van der Waals surface area contributed by atoms with Crippen molar-refractivity contribution in [3.63, 3.8) is 0 Å². The Bertz CT molecular complexity index is 340. The van der Waals surface area contributed by atoms with Gasteiger partial charge in [0.05, 0.1) is 5.75 Å². The average molecular weight is 276 g/mol. The predicted molar refractivity (Wildman–Crippen MR) is 76.1 cm³/mol. The van der Waals surface area contributed by atoms with Crippen molar-refractivity contribution in [2.24, 2.45) is 5.41 Å². The summed E-state index contributed by atoms with van der Waals surface area (Å²) in [5.74, 6) is 0.233. The lowest BCUT2D eigenvalue weighted by atomic mass is 10.0. The molecule has 0 aromatic heterocycles. The van der Waals surface area contributed by atoms with E-state index in [-0.39, 0.29) is 17.2 Å². The molecule has 1 aliphatic heterocycles. The fourth-order valence-corrected chi connectivity index (χ4v) is 4.83. The molecular weight excluding hydrogens is 248 g/mol. The molecule has 0 aromatic rings. The van der Waals surface area contributed by atoms with Gasteiger partial charge >= 0.3 is 0 Å². The molecule has 108 valence electrons. The molecule has 18 heavy (non-hydrogen) atoms. The second kappa shape index (κ2) is 6.35. The molecule has 5 heteroatoms. The minimum atomic E-state index is -3.15. The molecule has 1 fully saturated rings. The Labute approximate surface area is 112 Å². The number of rotatable bonds is 5. The molecule has 4 nitrogen and oxygen atoms in total. The summed E-state index contributed by atoms with van der Waals surface area (Å²) in [5.41, 5.74) is -0.188. The minimum Gasteiger partial charge on any atom is -0.315 e. The maximum atomic E-state index is 12.5. The smallest absolute Gasteiger partial charge is 0.214 e. The van der Waals surface area contributed by atoms with Crippen LogP contribution >= 0.6 is 0 Å². The van der Waals surface area contributed by atoms with E-state index in [1.165, 1.54) is 0 Å². The van der Waals surface area contributed by atoms with Crippen LogP contribution in [0.15, 0.2) is 0 Å². The molecule has 0 aliphatic carbocycles. The molecule has 1 atom stereocenters. The fraction of sp³-hybridized carbons (Fsp3) is 1.00. The number of sulfonamides is 1. The topological polar surface area (TPSA) is 49.4 Å². The lowest BCUT2D eigenvalue weighted by molar-refractivity contribution is 0.262. The standard InChI is InChI=1S/C13H28N2O2S/c1-5-9-15(12-7-6-8-14-10-12)18(16,17)11-13(2,3)4/h12,14H,5-11H2,1-4H3. The Kier molecular flexibility index (Phi) is 5.62. The molecule has 1 saturated heterocycles. The quantitative estimate of drug-likeness (QED) is 0.833. The van der Waals surface area contributed by atoms with Crippen LogP contribution in [0, 0.1) is 5.41 Å². The average Bonchev–Trinajstić information content (AvgIpc) is 2.23. The van der Waals surface area contributed by atoms with Crippen molar-refractivity contribution < 1.29 is 8.42 Å². The van der Waals surface area contributed by atoms with E-state index in [9.17, 15) is 8.42 Å². The fourth-order valence-electron chi connectivity index (χ4n) is 2.48. The zero-order chi connectivity index (χ0) is 13.8. The van der Waals surface area contributed by atoms with E-state index in [1.54, 1.807) is 4.31 Å². The lowest BCUT2D eigenvalue weighted by Gasteiger charge is -2.35. The Morgan fingerprint density at radius 1 is 1.33 bits per heavy atom. The molecule has 0 aromatic carbocycles. The van der Waals surface area contributed by atoms with E-state index in [1.807, 2.05) is 27.7 Å². The van der Waals surface area contributed by atoms with Gasteiger partial charge in [0.25, 0.3) is 0 Å². The van der Waals surface area contributed by atoms with Crippen molar-refractivity contribution in [3.8, 4) is 0 Å². The zero-order valence-corrected chi connectivity index (χ0v) is 13.0. The van der Waals surface area contributed by atoms with Crippen molar-refractivity contribution in [2.75, 3.05) is 25.4 Å². The first-order valence-corrected chi connectivity index (χ1v) is 8.57. The highest BCUT2D eigenvalue weighted by atomic mass is 32.2. The van der Waals surface area contributed by atoms with E-state index in [0.29, 0.717) is 6.54 Å². The van der Waals surface area contributed by atoms with Crippen LogP contribution in [0.1, 0.15) is 47.0 Å². The van der Waals surface area contributed by atoms with Crippen LogP contribution in [0.4, 0.5) is 0 Å². The van der Waals surface area contributed by atoms with Crippen molar-refractivity contribution in [1.29, 1.82) is 0 Å². The zero-order valence-electron chi connectivity index (χ0n) is 12.2. The van der Waals surface area contributed by atoms with E-state index in [4.69, 9.17) is 0 Å². The first-order chi connectivity index (χ1) is 8.26. The SMILES string of the molecule is CCCN(C1CCCNC1)S(=O)(=O)CC(C)(C)C. The van der Waals surface area contributed by atoms with Gasteiger partial charge in [-0.1, -0.05) is 27.7 Å². The Balaban J connectivity index is 2.82. The summed E-state index contributed by atoms with van der Waals surface area (Å²) in [6.45, 7) is 10.4. The number of nitrogens with one attached hydrogen (secondary N) is 1. The molecule has 1 unspecified atom stereocenters. The van der Waals surface area contributed by atoms with Gasteiger partial charge < -0.3 is 5.32 Å². The third-order valence-electron chi connectivity index (χ3n) is 3.09. The van der Waals surface area contributed by atoms with E-state index in [0.717, 1.165) is 32.4 Å². The van der Waals surface area contributed by atoms with Crippen LogP contribution in [0.3, 0.4) is 0 Å². The molecular formula is C13H28N2O2S. The van der Waals surface area contributed by atoms with Crippen LogP contribution in [0.2, 0.25) is 0 Å². The van der Waals surface area contributed by atoms with Crippen LogP contribution in [-0.2, 0) is 10.0 Å². The number of hydrogen-bond acceptors (Lipinski definition) is 3. The maximum Gasteiger partial charge on any atom is 0.214 e. The van der Waals surface area contributed by atoms with Gasteiger partial charge in [-0.25, -0.2) is 8.42 Å². The lowest BCUT2D eigenvalue weighted by Crippen LogP contribution is -2.50. The monoisotopic (exact) mass is 276 g/mol. The summed E-state index contributed by atoms with van der Waals surface area (Å²) in [6, 6.07) is 0.144. The summed E-state index contributed by atoms with van der Waals surface area (Å²) < 4.78 is 26.8. The molecule has 1 rings (SSSR count). The first kappa shape index (κ1) is 15.9. The molecule has 0 radical (unpaired) electrons. The number of piperidine rings is 1. The third-order valence-corrected chi connectivity index (χ3v) is 5.52. The molecule has 1 aliphatic rings. The highest BCUT2D eigenvalue weighted by Crippen LogP contribution is 2.22. The second-order valence-electron chi connectivity index (χ2n) is 6.43. The van der Waals surface area contributed by atoms with Gasteiger partial charge in [-0.2, -0.15) is 4.31 Å². The van der Waals surface area contributed by atoms with Gasteiger partial charge in [-0.3, -0.25) is 0 Å². The van der Waals surface area contributed by atoms with Crippen LogP contribution < -0.4 is 5.32 Å². The van der Waals surface area contributed by atoms with Crippen LogP contribution in [0.25, 0.3) is 0 Å². The van der Waals surface area contributed by atoms with Crippen molar-refractivity contribution >= 4 is 10.0 Å². The van der Waals surface area contributed by atoms with Gasteiger partial charge in [0, 0.05) is 19.1 Å². The summed E-state index contributed by atoms with van der Waals surface area (Å²) >= 11 is 0. The summed E-state index contributed by atoms with van der Waals surface area (Å²) in [6.07, 6.45) is 2.92. The van der Waals surface area contributed by atoms with Gasteiger partial charge in [0.15, 0.2) is 0 Å². The summed E-state index contributed by atoms with van der Waals surface area (Å²) in [7, 11) is -3.15. The van der Waals surface area contributed by atoms with Crippen molar-refractivity contribution in [1.82, 2.24) is 9.62 Å². The Morgan fingerprint density at radius 2 is 2.00 bits per heavy atom. The molecule has 0 saturated carbocycles. The van der Waals surface area contributed by atoms with E-state index < -0.39 is 10.0 Å². The molecule has 0 amide bonds. The molecule has 1 N–H and O–H groups in total. The number of nitrogens with zero attached hydrogens (tertiary/aromatic N) is 1. The van der Waals surface area contributed by atoms with Gasteiger partial charge in [-0.05, 0) is 31.2 Å². The van der Waals surface area contributed by atoms with Crippen LogP contribution in [-0.4, -0.2) is 44.2 Å². The second-order valence-corrected chi connectivity index (χ2v) is 8.35. The summed E-state index contributed by atoms with van der Waals surface area (Å²) in [5, 5.41) is 3.30. The largest absolute Gasteiger partial charge is 0.315 e. The third kappa shape index (κ3) is 4.86. The van der Waals surface area contributed by atoms with E-state index >= 15 is 0 Å². The first-order valence-electron chi connectivity index (χ1n) is 6.96. The molecule has 1 heterocycles. The van der Waals surface area contributed by atoms with Crippen molar-refractivity contribution in [2.45, 2.75) is 53.0 Å². The highest BCUT2D eigenvalue weighted by molar-refractivity contribution is 7.89. The van der Waals surface area contributed by atoms with E-state index in [2.05, 4.69) is 5.32 Å². The number of hydrogen-bond donors (Lipinski definition) is 1. The normalized spacial score (nSPS) is 22.4. The van der Waals surface area contributed by atoms with Gasteiger partial charge in [0.1, 0.15) is 0 Å². The predicted octanol–water partition coefficient (Wildman–Crippen LogP) is 1.83. The van der Waals surface area contributed by atoms with Gasteiger partial charge in [0.2, 0.25) is 10.0 Å². The molecule has 0 bridgehead atoms. The minimum absolute atomic E-state index is 0.144. The highest BCUT2D eigenvalue weighted by Gasteiger charge is 2.33. The Hall–Kier alpha value is -0.130. The maximum absolute atomic E-state index is 12.5. The summed E-state index contributed by atoms with van der Waals surface area (Å²) in [4.78, 5) is 0.